The molecule has 0 saturated heterocycles. The largest absolute Gasteiger partial charge is 0.387 e. The molecule has 2 nitrogen and oxygen atoms in total. The summed E-state index contributed by atoms with van der Waals surface area (Å²) in [4.78, 5) is 4.44. The highest BCUT2D eigenvalue weighted by molar-refractivity contribution is 5.82. The lowest BCUT2D eigenvalue weighted by Crippen LogP contribution is -2.11. The highest BCUT2D eigenvalue weighted by Gasteiger charge is 2.22. The molecule has 70 valence electrons. The zero-order valence-corrected chi connectivity index (χ0v) is 8.21. The number of hydrogen-bond donors (Lipinski definition) is 1. The van der Waals surface area contributed by atoms with Gasteiger partial charge in [0, 0.05) is 6.42 Å². The number of nitrogens with two attached hydrogens (primary N) is 1. The molecule has 0 unspecified atom stereocenters. The van der Waals surface area contributed by atoms with E-state index in [9.17, 15) is 0 Å². The number of unbranched alkanes of at least 4 members (excludes halogenated alkanes) is 2. The summed E-state index contributed by atoms with van der Waals surface area (Å²) >= 11 is 0. The zero-order chi connectivity index (χ0) is 8.97. The molecule has 12 heavy (non-hydrogen) atoms. The Morgan fingerprint density at radius 1 is 1.50 bits per heavy atom. The molecular formula is C10H20N2. The second-order valence-corrected chi connectivity index (χ2v) is 3.86. The van der Waals surface area contributed by atoms with Gasteiger partial charge in [0.1, 0.15) is 0 Å². The van der Waals surface area contributed by atoms with Crippen LogP contribution in [-0.4, -0.2) is 11.9 Å². The van der Waals surface area contributed by atoms with Crippen molar-refractivity contribution in [1.29, 1.82) is 0 Å². The molecule has 1 rings (SSSR count). The summed E-state index contributed by atoms with van der Waals surface area (Å²) in [6.45, 7) is 4.48. The van der Waals surface area contributed by atoms with Crippen LogP contribution in [0.25, 0.3) is 0 Å². The maximum Gasteiger partial charge on any atom is 0.0944 e. The van der Waals surface area contributed by atoms with Crippen molar-refractivity contribution in [3.63, 3.8) is 0 Å². The summed E-state index contributed by atoms with van der Waals surface area (Å²) in [6, 6.07) is 0.525. The first-order valence-corrected chi connectivity index (χ1v) is 5.06. The van der Waals surface area contributed by atoms with Gasteiger partial charge in [0.2, 0.25) is 0 Å². The molecule has 2 heteroatoms. The van der Waals surface area contributed by atoms with Gasteiger partial charge in [-0.2, -0.15) is 0 Å². The quantitative estimate of drug-likeness (QED) is 0.643. The molecule has 0 radical (unpaired) electrons. The van der Waals surface area contributed by atoms with Crippen LogP contribution < -0.4 is 5.73 Å². The lowest BCUT2D eigenvalue weighted by atomic mass is 9.97. The van der Waals surface area contributed by atoms with Gasteiger partial charge in [-0.1, -0.05) is 33.1 Å². The average Bonchev–Trinajstić information content (AvgIpc) is 2.31. The molecule has 0 aromatic rings. The Hall–Kier alpha value is -0.530. The molecule has 0 bridgehead atoms. The molecule has 0 spiro atoms. The van der Waals surface area contributed by atoms with E-state index >= 15 is 0 Å². The molecular weight excluding hydrogens is 148 g/mol. The van der Waals surface area contributed by atoms with E-state index in [0.717, 1.165) is 12.3 Å². The zero-order valence-electron chi connectivity index (χ0n) is 8.21. The highest BCUT2D eigenvalue weighted by Crippen LogP contribution is 2.23. The molecule has 0 aromatic heterocycles. The van der Waals surface area contributed by atoms with E-state index < -0.39 is 0 Å². The highest BCUT2D eigenvalue weighted by atomic mass is 14.9. The van der Waals surface area contributed by atoms with Crippen LogP contribution >= 0.6 is 0 Å². The fourth-order valence-corrected chi connectivity index (χ4v) is 1.81. The molecule has 0 fully saturated rings. The Labute approximate surface area is 75.3 Å². The predicted octanol–water partition coefficient (Wildman–Crippen LogP) is 2.33. The predicted molar refractivity (Wildman–Crippen MR) is 53.3 cm³/mol. The minimum Gasteiger partial charge on any atom is -0.387 e. The molecule has 0 amide bonds. The van der Waals surface area contributed by atoms with Gasteiger partial charge in [0.15, 0.2) is 0 Å². The van der Waals surface area contributed by atoms with E-state index in [2.05, 4.69) is 18.8 Å². The first-order chi connectivity index (χ1) is 5.74. The van der Waals surface area contributed by atoms with Crippen LogP contribution in [0.4, 0.5) is 0 Å². The topological polar surface area (TPSA) is 38.4 Å². The van der Waals surface area contributed by atoms with Crippen molar-refractivity contribution in [3.05, 3.63) is 0 Å². The third kappa shape index (κ3) is 2.50. The molecule has 2 N–H and O–H groups in total. The molecule has 1 aliphatic rings. The second kappa shape index (κ2) is 4.48. The van der Waals surface area contributed by atoms with Gasteiger partial charge < -0.3 is 5.73 Å². The molecule has 1 aliphatic heterocycles. The maximum atomic E-state index is 5.67. The van der Waals surface area contributed by atoms with E-state index in [1.54, 1.807) is 0 Å². The van der Waals surface area contributed by atoms with E-state index in [-0.39, 0.29) is 0 Å². The second-order valence-electron chi connectivity index (χ2n) is 3.86. The number of amidine groups is 1. The van der Waals surface area contributed by atoms with Crippen molar-refractivity contribution >= 4 is 5.84 Å². The third-order valence-electron chi connectivity index (χ3n) is 2.62. The van der Waals surface area contributed by atoms with Crippen LogP contribution in [0.5, 0.6) is 0 Å². The summed E-state index contributed by atoms with van der Waals surface area (Å²) in [5, 5.41) is 0. The average molecular weight is 168 g/mol. The summed E-state index contributed by atoms with van der Waals surface area (Å²) in [5.74, 6) is 1.55. The minimum atomic E-state index is 0.525. The normalized spacial score (nSPS) is 29.0. The third-order valence-corrected chi connectivity index (χ3v) is 2.62. The van der Waals surface area contributed by atoms with Crippen LogP contribution in [0.1, 0.15) is 46.0 Å². The standard InChI is InChI=1S/C10H20N2/c1-3-4-5-6-9-8(2)7-10(11)12-9/h8-9H,3-7H2,1-2H3,(H2,11,12)/t8-,9-/m0/s1. The Kier molecular flexibility index (Phi) is 3.57. The van der Waals surface area contributed by atoms with Crippen molar-refractivity contribution in [1.82, 2.24) is 0 Å². The lowest BCUT2D eigenvalue weighted by molar-refractivity contribution is 0.455. The summed E-state index contributed by atoms with van der Waals surface area (Å²) in [7, 11) is 0. The van der Waals surface area contributed by atoms with E-state index in [1.165, 1.54) is 25.7 Å². The van der Waals surface area contributed by atoms with Crippen LogP contribution in [0, 0.1) is 5.92 Å². The van der Waals surface area contributed by atoms with E-state index in [4.69, 9.17) is 5.73 Å². The summed E-state index contributed by atoms with van der Waals surface area (Å²) < 4.78 is 0. The van der Waals surface area contributed by atoms with Crippen molar-refractivity contribution < 1.29 is 0 Å². The van der Waals surface area contributed by atoms with Crippen molar-refractivity contribution in [2.24, 2.45) is 16.6 Å². The number of hydrogen-bond acceptors (Lipinski definition) is 2. The number of aliphatic imine (C=N–C) groups is 1. The Morgan fingerprint density at radius 3 is 2.75 bits per heavy atom. The smallest absolute Gasteiger partial charge is 0.0944 e. The molecule has 2 atom stereocenters. The van der Waals surface area contributed by atoms with E-state index in [1.807, 2.05) is 0 Å². The monoisotopic (exact) mass is 168 g/mol. The fourth-order valence-electron chi connectivity index (χ4n) is 1.81. The van der Waals surface area contributed by atoms with Crippen LogP contribution in [0.15, 0.2) is 4.99 Å². The maximum absolute atomic E-state index is 5.67. The van der Waals surface area contributed by atoms with Gasteiger partial charge in [-0.05, 0) is 12.3 Å². The van der Waals surface area contributed by atoms with Gasteiger partial charge in [0.05, 0.1) is 11.9 Å². The number of rotatable bonds is 4. The molecule has 0 saturated carbocycles. The van der Waals surface area contributed by atoms with Crippen LogP contribution in [-0.2, 0) is 0 Å². The van der Waals surface area contributed by atoms with Gasteiger partial charge >= 0.3 is 0 Å². The van der Waals surface area contributed by atoms with Gasteiger partial charge in [-0.15, -0.1) is 0 Å². The molecule has 0 aromatic carbocycles. The van der Waals surface area contributed by atoms with Crippen molar-refractivity contribution in [2.45, 2.75) is 52.0 Å². The Bertz CT molecular complexity index is 163. The van der Waals surface area contributed by atoms with Gasteiger partial charge in [-0.3, -0.25) is 4.99 Å². The lowest BCUT2D eigenvalue weighted by Gasteiger charge is -2.11. The fraction of sp³-hybridized carbons (Fsp3) is 0.900. The number of nitrogens with zero attached hydrogens (tertiary/aromatic N) is 1. The van der Waals surface area contributed by atoms with Gasteiger partial charge in [-0.25, -0.2) is 0 Å². The van der Waals surface area contributed by atoms with Gasteiger partial charge in [0.25, 0.3) is 0 Å². The minimum absolute atomic E-state index is 0.525. The van der Waals surface area contributed by atoms with Crippen LogP contribution in [0.3, 0.4) is 0 Å². The first kappa shape index (κ1) is 9.56. The Balaban J connectivity index is 2.23. The SMILES string of the molecule is CCCCC[C@@H]1N=C(N)C[C@@H]1C. The van der Waals surface area contributed by atoms with Crippen molar-refractivity contribution in [3.8, 4) is 0 Å². The molecule has 0 aliphatic carbocycles. The first-order valence-electron chi connectivity index (χ1n) is 5.06. The summed E-state index contributed by atoms with van der Waals surface area (Å²) in [5.41, 5.74) is 5.67. The summed E-state index contributed by atoms with van der Waals surface area (Å²) in [6.07, 6.45) is 6.17. The van der Waals surface area contributed by atoms with E-state index in [0.29, 0.717) is 12.0 Å². The van der Waals surface area contributed by atoms with Crippen LogP contribution in [0.2, 0.25) is 0 Å². The molecule has 1 heterocycles. The van der Waals surface area contributed by atoms with Crippen molar-refractivity contribution in [2.75, 3.05) is 0 Å². The Morgan fingerprint density at radius 2 is 2.25 bits per heavy atom.